The van der Waals surface area contributed by atoms with E-state index < -0.39 is 5.92 Å². The number of hydrogen-bond acceptors (Lipinski definition) is 6. The Kier molecular flexibility index (Phi) is 6.28. The summed E-state index contributed by atoms with van der Waals surface area (Å²) in [4.78, 5) is 0. The van der Waals surface area contributed by atoms with Crippen molar-refractivity contribution in [2.45, 2.75) is 19.4 Å². The highest BCUT2D eigenvalue weighted by Gasteiger charge is 2.36. The number of hydrogen-bond donors (Lipinski definition) is 1. The van der Waals surface area contributed by atoms with Gasteiger partial charge in [-0.05, 0) is 42.8 Å². The molecule has 2 heterocycles. The third-order valence-corrected chi connectivity index (χ3v) is 6.46. The van der Waals surface area contributed by atoms with Crippen molar-refractivity contribution in [3.8, 4) is 29.1 Å². The Hall–Kier alpha value is -4.41. The molecule has 0 fully saturated rings. The minimum Gasteiger partial charge on any atom is -0.493 e. The molecule has 7 nitrogen and oxygen atoms in total. The van der Waals surface area contributed by atoms with Crippen molar-refractivity contribution >= 4 is 11.6 Å². The number of nitriles is 1. The molecule has 2 N–H and O–H groups in total. The first-order valence-corrected chi connectivity index (χ1v) is 11.7. The summed E-state index contributed by atoms with van der Waals surface area (Å²) in [5.41, 5.74) is 10.6. The standard InChI is InChI=1S/C28H23ClN4O3/c1-17-25-26(21(15-30)27(31)36-28(25)33(32-17)20-9-4-3-5-10-20)18-12-13-23(24(14-18)34-2)35-16-19-8-6-7-11-22(19)29/h3-14,26H,16,31H2,1-2H3. The Morgan fingerprint density at radius 3 is 2.56 bits per heavy atom. The summed E-state index contributed by atoms with van der Waals surface area (Å²) in [6.45, 7) is 2.18. The molecule has 0 radical (unpaired) electrons. The molecule has 4 aromatic rings. The van der Waals surface area contributed by atoms with E-state index in [1.807, 2.05) is 79.7 Å². The number of para-hydroxylation sites is 1. The Morgan fingerprint density at radius 2 is 1.83 bits per heavy atom. The van der Waals surface area contributed by atoms with Gasteiger partial charge in [0.05, 0.1) is 30.0 Å². The number of allylic oxidation sites excluding steroid dienone is 1. The van der Waals surface area contributed by atoms with Gasteiger partial charge in [-0.1, -0.05) is 54.1 Å². The van der Waals surface area contributed by atoms with Crippen molar-refractivity contribution in [1.82, 2.24) is 9.78 Å². The molecule has 0 aliphatic carbocycles. The van der Waals surface area contributed by atoms with Crippen LogP contribution in [0.1, 0.15) is 28.3 Å². The van der Waals surface area contributed by atoms with Crippen molar-refractivity contribution in [3.63, 3.8) is 0 Å². The van der Waals surface area contributed by atoms with Gasteiger partial charge in [-0.25, -0.2) is 4.68 Å². The van der Waals surface area contributed by atoms with Gasteiger partial charge in [-0.15, -0.1) is 0 Å². The predicted octanol–water partition coefficient (Wildman–Crippen LogP) is 5.64. The fraction of sp³-hybridized carbons (Fsp3) is 0.143. The summed E-state index contributed by atoms with van der Waals surface area (Å²) in [6.07, 6.45) is 0. The molecular weight excluding hydrogens is 476 g/mol. The molecule has 1 aliphatic heterocycles. The molecule has 0 spiro atoms. The number of aryl methyl sites for hydroxylation is 1. The van der Waals surface area contributed by atoms with Crippen LogP contribution in [0.25, 0.3) is 5.69 Å². The third kappa shape index (κ3) is 4.12. The number of fused-ring (bicyclic) bond motifs is 1. The quantitative estimate of drug-likeness (QED) is 0.369. The first-order valence-electron chi connectivity index (χ1n) is 11.3. The van der Waals surface area contributed by atoms with E-state index in [1.165, 1.54) is 0 Å². The normalized spacial score (nSPS) is 14.6. The van der Waals surface area contributed by atoms with Crippen LogP contribution < -0.4 is 19.9 Å². The fourth-order valence-corrected chi connectivity index (χ4v) is 4.54. The maximum Gasteiger partial charge on any atom is 0.229 e. The zero-order valence-corrected chi connectivity index (χ0v) is 20.5. The molecule has 3 aromatic carbocycles. The van der Waals surface area contributed by atoms with Crippen LogP contribution in [0.2, 0.25) is 5.02 Å². The molecule has 1 aromatic heterocycles. The van der Waals surface area contributed by atoms with Crippen molar-refractivity contribution < 1.29 is 14.2 Å². The van der Waals surface area contributed by atoms with Crippen LogP contribution in [0.3, 0.4) is 0 Å². The van der Waals surface area contributed by atoms with Gasteiger partial charge < -0.3 is 19.9 Å². The molecule has 8 heteroatoms. The summed E-state index contributed by atoms with van der Waals surface area (Å²) < 4.78 is 19.3. The van der Waals surface area contributed by atoms with E-state index >= 15 is 0 Å². The monoisotopic (exact) mass is 498 g/mol. The summed E-state index contributed by atoms with van der Waals surface area (Å²) in [5, 5.41) is 15.3. The van der Waals surface area contributed by atoms with Crippen LogP contribution in [0.4, 0.5) is 0 Å². The van der Waals surface area contributed by atoms with Crippen LogP contribution >= 0.6 is 11.6 Å². The van der Waals surface area contributed by atoms with Crippen LogP contribution in [0.15, 0.2) is 84.3 Å². The van der Waals surface area contributed by atoms with E-state index in [4.69, 9.17) is 36.6 Å². The van der Waals surface area contributed by atoms with Gasteiger partial charge in [0.2, 0.25) is 11.8 Å². The zero-order valence-electron chi connectivity index (χ0n) is 19.7. The third-order valence-electron chi connectivity index (χ3n) is 6.10. The van der Waals surface area contributed by atoms with Crippen molar-refractivity contribution in [1.29, 1.82) is 5.26 Å². The summed E-state index contributed by atoms with van der Waals surface area (Å²) >= 11 is 6.27. The van der Waals surface area contributed by atoms with E-state index in [1.54, 1.807) is 11.8 Å². The maximum absolute atomic E-state index is 9.99. The summed E-state index contributed by atoms with van der Waals surface area (Å²) in [6, 6.07) is 24.9. The number of halogens is 1. The molecule has 1 unspecified atom stereocenters. The van der Waals surface area contributed by atoms with Crippen LogP contribution in [-0.4, -0.2) is 16.9 Å². The van der Waals surface area contributed by atoms with Crippen LogP contribution in [-0.2, 0) is 6.61 Å². The molecule has 0 saturated heterocycles. The van der Waals surface area contributed by atoms with Crippen molar-refractivity contribution in [2.75, 3.05) is 7.11 Å². The largest absolute Gasteiger partial charge is 0.493 e. The lowest BCUT2D eigenvalue weighted by Gasteiger charge is -2.25. The van der Waals surface area contributed by atoms with Crippen molar-refractivity contribution in [2.24, 2.45) is 5.73 Å². The topological polar surface area (TPSA) is 95.3 Å². The van der Waals surface area contributed by atoms with Crippen LogP contribution in [0, 0.1) is 18.3 Å². The Bertz CT molecular complexity index is 1510. The Labute approximate surface area is 213 Å². The molecule has 36 heavy (non-hydrogen) atoms. The number of rotatable bonds is 6. The zero-order chi connectivity index (χ0) is 25.2. The highest BCUT2D eigenvalue weighted by atomic mass is 35.5. The number of methoxy groups -OCH3 is 1. The second-order valence-corrected chi connectivity index (χ2v) is 8.67. The number of nitrogens with zero attached hydrogens (tertiary/aromatic N) is 3. The number of benzene rings is 3. The van der Waals surface area contributed by atoms with E-state index in [0.29, 0.717) is 28.0 Å². The van der Waals surface area contributed by atoms with E-state index in [-0.39, 0.29) is 12.5 Å². The lowest BCUT2D eigenvalue weighted by atomic mass is 9.84. The first-order chi connectivity index (χ1) is 17.5. The maximum atomic E-state index is 9.99. The lowest BCUT2D eigenvalue weighted by molar-refractivity contribution is 0.284. The minimum atomic E-state index is -0.484. The highest BCUT2D eigenvalue weighted by molar-refractivity contribution is 6.31. The molecule has 0 saturated carbocycles. The molecule has 0 bridgehead atoms. The average molecular weight is 499 g/mol. The summed E-state index contributed by atoms with van der Waals surface area (Å²) in [5.74, 6) is 1.13. The van der Waals surface area contributed by atoms with E-state index in [2.05, 4.69) is 6.07 Å². The number of ether oxygens (including phenoxy) is 3. The predicted molar refractivity (Wildman–Crippen MR) is 136 cm³/mol. The molecule has 180 valence electrons. The van der Waals surface area contributed by atoms with Gasteiger partial charge >= 0.3 is 0 Å². The minimum absolute atomic E-state index is 0.0464. The Morgan fingerprint density at radius 1 is 1.08 bits per heavy atom. The Balaban J connectivity index is 1.56. The van der Waals surface area contributed by atoms with Crippen LogP contribution in [0.5, 0.6) is 17.4 Å². The SMILES string of the molecule is COc1cc(C2C(C#N)=C(N)Oc3c2c(C)nn3-c2ccccc2)ccc1OCc1ccccc1Cl. The number of nitrogens with two attached hydrogens (primary N) is 1. The smallest absolute Gasteiger partial charge is 0.229 e. The highest BCUT2D eigenvalue weighted by Crippen LogP contribution is 2.46. The molecular formula is C28H23ClN4O3. The second kappa shape index (κ2) is 9.68. The molecule has 5 rings (SSSR count). The average Bonchev–Trinajstić information content (AvgIpc) is 3.23. The molecule has 1 atom stereocenters. The second-order valence-electron chi connectivity index (χ2n) is 8.27. The van der Waals surface area contributed by atoms with Crippen molar-refractivity contribution in [3.05, 3.63) is 112 Å². The fourth-order valence-electron chi connectivity index (χ4n) is 4.35. The van der Waals surface area contributed by atoms with E-state index in [9.17, 15) is 5.26 Å². The van der Waals surface area contributed by atoms with Gasteiger partial charge in [0.15, 0.2) is 11.5 Å². The lowest BCUT2D eigenvalue weighted by Crippen LogP contribution is -2.22. The van der Waals surface area contributed by atoms with Gasteiger partial charge in [0, 0.05) is 10.6 Å². The van der Waals surface area contributed by atoms with Gasteiger partial charge in [0.25, 0.3) is 0 Å². The molecule has 1 aliphatic rings. The van der Waals surface area contributed by atoms with Gasteiger partial charge in [0.1, 0.15) is 18.2 Å². The first kappa shape index (κ1) is 23.3. The van der Waals surface area contributed by atoms with Gasteiger partial charge in [-0.3, -0.25) is 0 Å². The van der Waals surface area contributed by atoms with Gasteiger partial charge in [-0.2, -0.15) is 10.4 Å². The van der Waals surface area contributed by atoms with E-state index in [0.717, 1.165) is 28.1 Å². The summed E-state index contributed by atoms with van der Waals surface area (Å²) in [7, 11) is 1.57. The number of aromatic nitrogens is 2. The molecule has 0 amide bonds.